The van der Waals surface area contributed by atoms with Gasteiger partial charge in [0.15, 0.2) is 0 Å². The van der Waals surface area contributed by atoms with Gasteiger partial charge < -0.3 is 10.0 Å². The molecule has 0 radical (unpaired) electrons. The summed E-state index contributed by atoms with van der Waals surface area (Å²) in [7, 11) is -1.70. The molecule has 1 fully saturated rings. The van der Waals surface area contributed by atoms with Gasteiger partial charge in [0, 0.05) is 19.1 Å². The fourth-order valence-corrected chi connectivity index (χ4v) is 3.37. The number of sulfonamides is 1. The van der Waals surface area contributed by atoms with Gasteiger partial charge in [-0.05, 0) is 31.9 Å². The van der Waals surface area contributed by atoms with E-state index in [9.17, 15) is 13.5 Å². The summed E-state index contributed by atoms with van der Waals surface area (Å²) in [4.78, 5) is 2.05. The van der Waals surface area contributed by atoms with Gasteiger partial charge in [-0.25, -0.2) is 13.1 Å². The third-order valence-corrected chi connectivity index (χ3v) is 4.93. The molecule has 5 nitrogen and oxygen atoms in total. The van der Waals surface area contributed by atoms with Crippen LogP contribution in [0.5, 0.6) is 0 Å². The van der Waals surface area contributed by atoms with Crippen molar-refractivity contribution in [3.63, 3.8) is 0 Å². The molecule has 106 valence electrons. The number of anilines is 1. The SMILES string of the molecule is CC(CO)N(C)c1ccccc1S(=O)(=O)NC1CC1. The van der Waals surface area contributed by atoms with Crippen molar-refractivity contribution < 1.29 is 13.5 Å². The summed E-state index contributed by atoms with van der Waals surface area (Å²) in [6.45, 7) is 1.82. The summed E-state index contributed by atoms with van der Waals surface area (Å²) in [5, 5.41) is 9.21. The second-order valence-corrected chi connectivity index (χ2v) is 6.69. The van der Waals surface area contributed by atoms with Crippen LogP contribution in [0.15, 0.2) is 29.2 Å². The van der Waals surface area contributed by atoms with Crippen LogP contribution < -0.4 is 9.62 Å². The van der Waals surface area contributed by atoms with Crippen molar-refractivity contribution in [3.8, 4) is 0 Å². The van der Waals surface area contributed by atoms with E-state index in [-0.39, 0.29) is 23.6 Å². The van der Waals surface area contributed by atoms with E-state index in [2.05, 4.69) is 4.72 Å². The number of likely N-dealkylation sites (N-methyl/N-ethyl adjacent to an activating group) is 1. The van der Waals surface area contributed by atoms with Crippen LogP contribution in [0.1, 0.15) is 19.8 Å². The number of hydrogen-bond donors (Lipinski definition) is 2. The van der Waals surface area contributed by atoms with Gasteiger partial charge in [-0.3, -0.25) is 0 Å². The van der Waals surface area contributed by atoms with Crippen molar-refractivity contribution in [1.29, 1.82) is 0 Å². The number of nitrogens with zero attached hydrogens (tertiary/aromatic N) is 1. The minimum atomic E-state index is -3.49. The van der Waals surface area contributed by atoms with E-state index in [4.69, 9.17) is 0 Å². The van der Waals surface area contributed by atoms with Crippen LogP contribution in [0.3, 0.4) is 0 Å². The van der Waals surface area contributed by atoms with E-state index < -0.39 is 10.0 Å². The molecule has 0 bridgehead atoms. The molecule has 0 aromatic heterocycles. The zero-order chi connectivity index (χ0) is 14.0. The fourth-order valence-electron chi connectivity index (χ4n) is 1.82. The highest BCUT2D eigenvalue weighted by Crippen LogP contribution is 2.28. The molecule has 1 saturated carbocycles. The van der Waals surface area contributed by atoms with Gasteiger partial charge in [0.2, 0.25) is 10.0 Å². The van der Waals surface area contributed by atoms with Crippen LogP contribution in [0.25, 0.3) is 0 Å². The Labute approximate surface area is 114 Å². The highest BCUT2D eigenvalue weighted by atomic mass is 32.2. The third-order valence-electron chi connectivity index (χ3n) is 3.36. The minimum absolute atomic E-state index is 0.0268. The Hall–Kier alpha value is -1.11. The van der Waals surface area contributed by atoms with Crippen molar-refractivity contribution in [3.05, 3.63) is 24.3 Å². The first-order chi connectivity index (χ1) is 8.95. The largest absolute Gasteiger partial charge is 0.394 e. The molecule has 0 aliphatic heterocycles. The Balaban J connectivity index is 2.34. The number of aliphatic hydroxyl groups excluding tert-OH is 1. The van der Waals surface area contributed by atoms with Crippen LogP contribution in [0, 0.1) is 0 Å². The molecular formula is C13H20N2O3S. The number of para-hydroxylation sites is 1. The molecule has 0 spiro atoms. The zero-order valence-electron chi connectivity index (χ0n) is 11.2. The summed E-state index contributed by atoms with van der Waals surface area (Å²) < 4.78 is 27.3. The summed E-state index contributed by atoms with van der Waals surface area (Å²) in [6.07, 6.45) is 1.81. The van der Waals surface area contributed by atoms with E-state index in [1.165, 1.54) is 0 Å². The van der Waals surface area contributed by atoms with Crippen molar-refractivity contribution in [2.45, 2.75) is 36.7 Å². The number of hydrogen-bond acceptors (Lipinski definition) is 4. The number of nitrogens with one attached hydrogen (secondary N) is 1. The highest BCUT2D eigenvalue weighted by Gasteiger charge is 2.30. The molecule has 19 heavy (non-hydrogen) atoms. The first-order valence-corrected chi connectivity index (χ1v) is 7.89. The molecule has 1 unspecified atom stereocenters. The van der Waals surface area contributed by atoms with E-state index >= 15 is 0 Å². The molecule has 1 aliphatic rings. The lowest BCUT2D eigenvalue weighted by Gasteiger charge is -2.27. The highest BCUT2D eigenvalue weighted by molar-refractivity contribution is 7.89. The van der Waals surface area contributed by atoms with E-state index in [1.807, 2.05) is 6.92 Å². The Morgan fingerprint density at radius 3 is 2.63 bits per heavy atom. The van der Waals surface area contributed by atoms with Gasteiger partial charge >= 0.3 is 0 Å². The molecular weight excluding hydrogens is 264 g/mol. The van der Waals surface area contributed by atoms with Crippen molar-refractivity contribution >= 4 is 15.7 Å². The second kappa shape index (κ2) is 5.48. The average Bonchev–Trinajstić information content (AvgIpc) is 3.20. The van der Waals surface area contributed by atoms with Crippen molar-refractivity contribution in [1.82, 2.24) is 4.72 Å². The summed E-state index contributed by atoms with van der Waals surface area (Å²) in [5.41, 5.74) is 0.609. The molecule has 0 heterocycles. The molecule has 2 rings (SSSR count). The van der Waals surface area contributed by atoms with Crippen LogP contribution >= 0.6 is 0 Å². The molecule has 1 aliphatic carbocycles. The third kappa shape index (κ3) is 3.26. The Kier molecular flexibility index (Phi) is 4.13. The van der Waals surface area contributed by atoms with Crippen LogP contribution in [-0.2, 0) is 10.0 Å². The molecule has 1 aromatic rings. The maximum absolute atomic E-state index is 12.3. The van der Waals surface area contributed by atoms with Gasteiger partial charge in [0.1, 0.15) is 4.90 Å². The lowest BCUT2D eigenvalue weighted by Crippen LogP contribution is -2.34. The number of aliphatic hydroxyl groups is 1. The molecule has 1 aromatic carbocycles. The van der Waals surface area contributed by atoms with Gasteiger partial charge in [-0.1, -0.05) is 12.1 Å². The molecule has 0 amide bonds. The second-order valence-electron chi connectivity index (χ2n) is 5.01. The van der Waals surface area contributed by atoms with Crippen LogP contribution in [0.4, 0.5) is 5.69 Å². The topological polar surface area (TPSA) is 69.6 Å². The van der Waals surface area contributed by atoms with Gasteiger partial charge in [-0.2, -0.15) is 0 Å². The van der Waals surface area contributed by atoms with Gasteiger partial charge in [0.05, 0.1) is 12.3 Å². The van der Waals surface area contributed by atoms with Gasteiger partial charge in [-0.15, -0.1) is 0 Å². The molecule has 0 saturated heterocycles. The first kappa shape index (κ1) is 14.3. The number of benzene rings is 1. The number of rotatable bonds is 6. The van der Waals surface area contributed by atoms with Crippen molar-refractivity contribution in [2.24, 2.45) is 0 Å². The maximum Gasteiger partial charge on any atom is 0.242 e. The first-order valence-electron chi connectivity index (χ1n) is 6.40. The molecule has 2 N–H and O–H groups in total. The standard InChI is InChI=1S/C13H20N2O3S/c1-10(9-16)15(2)12-5-3-4-6-13(12)19(17,18)14-11-7-8-11/h3-6,10-11,14,16H,7-9H2,1-2H3. The lowest BCUT2D eigenvalue weighted by molar-refractivity contribution is 0.270. The van der Waals surface area contributed by atoms with Gasteiger partial charge in [0.25, 0.3) is 0 Å². The Bertz CT molecular complexity index is 541. The predicted molar refractivity (Wildman–Crippen MR) is 74.7 cm³/mol. The molecule has 6 heteroatoms. The Morgan fingerprint density at radius 1 is 1.42 bits per heavy atom. The monoisotopic (exact) mass is 284 g/mol. The van der Waals surface area contributed by atoms with E-state index in [1.54, 1.807) is 36.2 Å². The van der Waals surface area contributed by atoms with Crippen LogP contribution in [-0.4, -0.2) is 39.3 Å². The fraction of sp³-hybridized carbons (Fsp3) is 0.538. The minimum Gasteiger partial charge on any atom is -0.394 e. The Morgan fingerprint density at radius 2 is 2.05 bits per heavy atom. The summed E-state index contributed by atoms with van der Waals surface area (Å²) >= 11 is 0. The predicted octanol–water partition coefficient (Wildman–Crippen LogP) is 0.944. The quantitative estimate of drug-likeness (QED) is 0.816. The summed E-state index contributed by atoms with van der Waals surface area (Å²) in [5.74, 6) is 0. The zero-order valence-corrected chi connectivity index (χ0v) is 12.0. The maximum atomic E-state index is 12.3. The van der Waals surface area contributed by atoms with Crippen LogP contribution in [0.2, 0.25) is 0 Å². The summed E-state index contributed by atoms with van der Waals surface area (Å²) in [6, 6.07) is 6.80. The smallest absolute Gasteiger partial charge is 0.242 e. The molecule has 1 atom stereocenters. The lowest BCUT2D eigenvalue weighted by atomic mass is 10.2. The van der Waals surface area contributed by atoms with E-state index in [0.29, 0.717) is 5.69 Å². The van der Waals surface area contributed by atoms with E-state index in [0.717, 1.165) is 12.8 Å². The normalized spacial score (nSPS) is 17.2. The average molecular weight is 284 g/mol. The van der Waals surface area contributed by atoms with Crippen molar-refractivity contribution in [2.75, 3.05) is 18.6 Å².